The molecular formula is C14H22ClNO2. The summed E-state index contributed by atoms with van der Waals surface area (Å²) in [7, 11) is 0. The number of halogens is 1. The number of aliphatic hydroxyl groups is 1. The Balaban J connectivity index is 2.48. The summed E-state index contributed by atoms with van der Waals surface area (Å²) in [5, 5.41) is 13.7. The van der Waals surface area contributed by atoms with Crippen molar-refractivity contribution in [2.75, 3.05) is 13.2 Å². The summed E-state index contributed by atoms with van der Waals surface area (Å²) in [6.45, 7) is 8.78. The maximum atomic E-state index is 9.74. The van der Waals surface area contributed by atoms with Gasteiger partial charge in [0.1, 0.15) is 18.5 Å². The van der Waals surface area contributed by atoms with Gasteiger partial charge < -0.3 is 15.2 Å². The first-order chi connectivity index (χ1) is 8.40. The van der Waals surface area contributed by atoms with Gasteiger partial charge in [0.05, 0.1) is 0 Å². The van der Waals surface area contributed by atoms with E-state index in [0.717, 1.165) is 21.9 Å². The highest BCUT2D eigenvalue weighted by Gasteiger charge is 2.08. The Bertz CT molecular complexity index is 370. The van der Waals surface area contributed by atoms with Gasteiger partial charge in [-0.15, -0.1) is 0 Å². The second kappa shape index (κ2) is 6.98. The third-order valence-electron chi connectivity index (χ3n) is 2.61. The van der Waals surface area contributed by atoms with Crippen LogP contribution in [-0.4, -0.2) is 30.4 Å². The Hall–Kier alpha value is -0.770. The highest BCUT2D eigenvalue weighted by atomic mass is 35.5. The maximum absolute atomic E-state index is 9.74. The zero-order valence-corrected chi connectivity index (χ0v) is 12.2. The fourth-order valence-electron chi connectivity index (χ4n) is 1.61. The van der Waals surface area contributed by atoms with E-state index in [-0.39, 0.29) is 6.61 Å². The first-order valence-corrected chi connectivity index (χ1v) is 6.59. The third kappa shape index (κ3) is 4.84. The molecule has 0 heterocycles. The average Bonchev–Trinajstić information content (AvgIpc) is 2.30. The highest BCUT2D eigenvalue weighted by Crippen LogP contribution is 2.25. The number of benzene rings is 1. The molecule has 18 heavy (non-hydrogen) atoms. The molecule has 0 fully saturated rings. The van der Waals surface area contributed by atoms with Crippen LogP contribution in [-0.2, 0) is 0 Å². The molecule has 0 unspecified atom stereocenters. The highest BCUT2D eigenvalue weighted by molar-refractivity contribution is 6.32. The molecule has 0 amide bonds. The van der Waals surface area contributed by atoms with Crippen molar-refractivity contribution in [2.24, 2.45) is 0 Å². The van der Waals surface area contributed by atoms with Gasteiger partial charge in [-0.25, -0.2) is 0 Å². The van der Waals surface area contributed by atoms with E-state index in [2.05, 4.69) is 5.32 Å². The molecule has 0 aromatic heterocycles. The fourth-order valence-corrected chi connectivity index (χ4v) is 1.72. The van der Waals surface area contributed by atoms with Crippen LogP contribution < -0.4 is 10.1 Å². The Morgan fingerprint density at radius 2 is 1.83 bits per heavy atom. The molecule has 0 aliphatic heterocycles. The van der Waals surface area contributed by atoms with Gasteiger partial charge in [-0.05, 0) is 37.1 Å². The molecule has 0 spiro atoms. The first kappa shape index (κ1) is 15.3. The number of nitrogens with one attached hydrogen (secondary N) is 1. The van der Waals surface area contributed by atoms with E-state index in [1.807, 2.05) is 39.8 Å². The van der Waals surface area contributed by atoms with Crippen molar-refractivity contribution >= 4 is 11.6 Å². The number of hydrogen-bond acceptors (Lipinski definition) is 3. The van der Waals surface area contributed by atoms with Crippen molar-refractivity contribution < 1.29 is 9.84 Å². The van der Waals surface area contributed by atoms with E-state index in [1.165, 1.54) is 0 Å². The second-order valence-electron chi connectivity index (χ2n) is 4.90. The van der Waals surface area contributed by atoms with E-state index >= 15 is 0 Å². The molecule has 1 atom stereocenters. The van der Waals surface area contributed by atoms with Gasteiger partial charge in [0, 0.05) is 17.6 Å². The minimum absolute atomic E-state index is 0.278. The zero-order valence-electron chi connectivity index (χ0n) is 11.5. The average molecular weight is 272 g/mol. The zero-order chi connectivity index (χ0) is 13.7. The summed E-state index contributed by atoms with van der Waals surface area (Å²) >= 11 is 6.08. The molecule has 0 aliphatic rings. The molecule has 1 aromatic carbocycles. The van der Waals surface area contributed by atoms with Crippen LogP contribution in [0.2, 0.25) is 5.02 Å². The largest absolute Gasteiger partial charge is 0.491 e. The topological polar surface area (TPSA) is 41.5 Å². The van der Waals surface area contributed by atoms with Gasteiger partial charge in [0.2, 0.25) is 0 Å². The summed E-state index contributed by atoms with van der Waals surface area (Å²) < 4.78 is 5.57. The molecule has 2 N–H and O–H groups in total. The molecule has 0 radical (unpaired) electrons. The van der Waals surface area contributed by atoms with Crippen molar-refractivity contribution in [3.8, 4) is 5.75 Å². The van der Waals surface area contributed by atoms with E-state index < -0.39 is 6.10 Å². The Kier molecular flexibility index (Phi) is 5.93. The predicted molar refractivity (Wildman–Crippen MR) is 75.6 cm³/mol. The van der Waals surface area contributed by atoms with Crippen molar-refractivity contribution in [1.82, 2.24) is 5.32 Å². The molecule has 0 saturated heterocycles. The van der Waals surface area contributed by atoms with Crippen molar-refractivity contribution in [3.05, 3.63) is 28.3 Å². The molecule has 1 rings (SSSR count). The lowest BCUT2D eigenvalue weighted by Crippen LogP contribution is -2.35. The Morgan fingerprint density at radius 3 is 2.33 bits per heavy atom. The molecule has 3 nitrogen and oxygen atoms in total. The SMILES string of the molecule is Cc1cc(OC[C@H](O)CNC(C)C)cc(C)c1Cl. The van der Waals surface area contributed by atoms with Crippen LogP contribution in [0, 0.1) is 13.8 Å². The normalized spacial score (nSPS) is 12.8. The molecule has 4 heteroatoms. The van der Waals surface area contributed by atoms with Crippen LogP contribution in [0.25, 0.3) is 0 Å². The summed E-state index contributed by atoms with van der Waals surface area (Å²) in [5.74, 6) is 0.748. The summed E-state index contributed by atoms with van der Waals surface area (Å²) in [4.78, 5) is 0. The molecule has 1 aromatic rings. The van der Waals surface area contributed by atoms with Gasteiger partial charge in [0.25, 0.3) is 0 Å². The van der Waals surface area contributed by atoms with Crippen molar-refractivity contribution in [3.63, 3.8) is 0 Å². The number of aliphatic hydroxyl groups excluding tert-OH is 1. The van der Waals surface area contributed by atoms with Gasteiger partial charge in [0.15, 0.2) is 0 Å². The molecule has 0 saturated carbocycles. The predicted octanol–water partition coefficient (Wildman–Crippen LogP) is 2.69. The van der Waals surface area contributed by atoms with Gasteiger partial charge >= 0.3 is 0 Å². The van der Waals surface area contributed by atoms with E-state index in [9.17, 15) is 5.11 Å². The second-order valence-corrected chi connectivity index (χ2v) is 5.28. The lowest BCUT2D eigenvalue weighted by molar-refractivity contribution is 0.104. The van der Waals surface area contributed by atoms with Crippen LogP contribution in [0.4, 0.5) is 0 Å². The van der Waals surface area contributed by atoms with Gasteiger partial charge in [-0.2, -0.15) is 0 Å². The minimum Gasteiger partial charge on any atom is -0.491 e. The Labute approximate surface area is 114 Å². The van der Waals surface area contributed by atoms with Crippen molar-refractivity contribution in [2.45, 2.75) is 39.8 Å². The van der Waals surface area contributed by atoms with Gasteiger partial charge in [-0.3, -0.25) is 0 Å². The molecule has 0 bridgehead atoms. The quantitative estimate of drug-likeness (QED) is 0.836. The summed E-state index contributed by atoms with van der Waals surface area (Å²) in [5.41, 5.74) is 1.97. The Morgan fingerprint density at radius 1 is 1.28 bits per heavy atom. The maximum Gasteiger partial charge on any atom is 0.120 e. The van der Waals surface area contributed by atoms with Gasteiger partial charge in [-0.1, -0.05) is 25.4 Å². The standard InChI is InChI=1S/C14H22ClNO2/c1-9(2)16-7-12(17)8-18-13-5-10(3)14(15)11(4)6-13/h5-6,9,12,16-17H,7-8H2,1-4H3/t12-/m1/s1. The smallest absolute Gasteiger partial charge is 0.120 e. The number of hydrogen-bond donors (Lipinski definition) is 2. The summed E-state index contributed by atoms with van der Waals surface area (Å²) in [6, 6.07) is 4.13. The van der Waals surface area contributed by atoms with Crippen LogP contribution in [0.5, 0.6) is 5.75 Å². The fraction of sp³-hybridized carbons (Fsp3) is 0.571. The van der Waals surface area contributed by atoms with Crippen LogP contribution in [0.1, 0.15) is 25.0 Å². The van der Waals surface area contributed by atoms with E-state index in [4.69, 9.17) is 16.3 Å². The van der Waals surface area contributed by atoms with Crippen LogP contribution in [0.3, 0.4) is 0 Å². The van der Waals surface area contributed by atoms with Crippen LogP contribution >= 0.6 is 11.6 Å². The number of rotatable bonds is 6. The third-order valence-corrected chi connectivity index (χ3v) is 3.21. The lowest BCUT2D eigenvalue weighted by atomic mass is 10.1. The number of aryl methyl sites for hydroxylation is 2. The van der Waals surface area contributed by atoms with Crippen molar-refractivity contribution in [1.29, 1.82) is 0 Å². The molecule has 102 valence electrons. The molecule has 0 aliphatic carbocycles. The summed E-state index contributed by atoms with van der Waals surface area (Å²) in [6.07, 6.45) is -0.510. The van der Waals surface area contributed by atoms with E-state index in [1.54, 1.807) is 0 Å². The lowest BCUT2D eigenvalue weighted by Gasteiger charge is -2.16. The number of ether oxygens (including phenoxy) is 1. The van der Waals surface area contributed by atoms with E-state index in [0.29, 0.717) is 12.6 Å². The van der Waals surface area contributed by atoms with Crippen LogP contribution in [0.15, 0.2) is 12.1 Å². The monoisotopic (exact) mass is 271 g/mol. The first-order valence-electron chi connectivity index (χ1n) is 6.21. The minimum atomic E-state index is -0.510. The molecular weight excluding hydrogens is 250 g/mol.